The molecule has 0 amide bonds. The summed E-state index contributed by atoms with van der Waals surface area (Å²) in [6, 6.07) is 13.0. The molecule has 1 nitrogen and oxygen atoms in total. The van der Waals surface area contributed by atoms with Gasteiger partial charge in [0.05, 0.1) is 5.69 Å². The molecular formula is C17H16Br2ClN. The second-order valence-electron chi connectivity index (χ2n) is 5.67. The first-order chi connectivity index (χ1) is 10.0. The molecule has 1 saturated carbocycles. The van der Waals surface area contributed by atoms with Crippen molar-refractivity contribution in [3.05, 3.63) is 61.5 Å². The van der Waals surface area contributed by atoms with Gasteiger partial charge in [0, 0.05) is 20.0 Å². The fraction of sp³-hybridized carbons (Fsp3) is 0.294. The zero-order valence-corrected chi connectivity index (χ0v) is 15.6. The maximum Gasteiger partial charge on any atom is 0.0631 e. The highest BCUT2D eigenvalue weighted by molar-refractivity contribution is 9.11. The largest absolute Gasteiger partial charge is 0.380 e. The van der Waals surface area contributed by atoms with Crippen molar-refractivity contribution in [2.24, 2.45) is 0 Å². The van der Waals surface area contributed by atoms with Crippen LogP contribution in [0.5, 0.6) is 0 Å². The van der Waals surface area contributed by atoms with E-state index in [1.807, 2.05) is 12.1 Å². The third-order valence-electron chi connectivity index (χ3n) is 3.99. The van der Waals surface area contributed by atoms with Crippen molar-refractivity contribution in [2.45, 2.75) is 31.7 Å². The number of aryl methyl sites for hydroxylation is 1. The normalized spacial score (nSPS) is 21.0. The van der Waals surface area contributed by atoms with Crippen LogP contribution >= 0.6 is 43.5 Å². The van der Waals surface area contributed by atoms with Crippen molar-refractivity contribution >= 4 is 49.1 Å². The van der Waals surface area contributed by atoms with Gasteiger partial charge in [0.2, 0.25) is 0 Å². The lowest BCUT2D eigenvalue weighted by Crippen LogP contribution is -2.34. The zero-order valence-electron chi connectivity index (χ0n) is 11.7. The van der Waals surface area contributed by atoms with Crippen molar-refractivity contribution in [2.75, 3.05) is 5.32 Å². The van der Waals surface area contributed by atoms with E-state index in [4.69, 9.17) is 11.6 Å². The Kier molecular flexibility index (Phi) is 4.63. The van der Waals surface area contributed by atoms with Gasteiger partial charge in [0.1, 0.15) is 0 Å². The molecule has 0 bridgehead atoms. The summed E-state index contributed by atoms with van der Waals surface area (Å²) in [5.41, 5.74) is 3.74. The average Bonchev–Trinajstić information content (AvgIpc) is 2.35. The number of hydrogen-bond donors (Lipinski definition) is 1. The Balaban J connectivity index is 1.65. The summed E-state index contributed by atoms with van der Waals surface area (Å²) in [4.78, 5) is 0. The molecule has 0 saturated heterocycles. The molecule has 4 heteroatoms. The molecular weight excluding hydrogens is 413 g/mol. The fourth-order valence-electron chi connectivity index (χ4n) is 2.81. The Hall–Kier alpha value is -0.510. The second kappa shape index (κ2) is 6.31. The van der Waals surface area contributed by atoms with Crippen LogP contribution in [0.4, 0.5) is 5.69 Å². The maximum absolute atomic E-state index is 6.06. The van der Waals surface area contributed by atoms with Gasteiger partial charge >= 0.3 is 0 Å². The Morgan fingerprint density at radius 1 is 1.10 bits per heavy atom. The van der Waals surface area contributed by atoms with E-state index in [-0.39, 0.29) is 0 Å². The SMILES string of the molecule is Cc1cc(Br)c(NC2CC(c3cccc(Cl)c3)C2)c(Br)c1. The van der Waals surface area contributed by atoms with Crippen LogP contribution in [0.1, 0.15) is 29.9 Å². The van der Waals surface area contributed by atoms with Gasteiger partial charge in [-0.15, -0.1) is 0 Å². The fourth-order valence-corrected chi connectivity index (χ4v) is 4.65. The van der Waals surface area contributed by atoms with Gasteiger partial charge in [0.25, 0.3) is 0 Å². The van der Waals surface area contributed by atoms with Gasteiger partial charge in [-0.1, -0.05) is 23.7 Å². The van der Waals surface area contributed by atoms with Crippen LogP contribution in [0, 0.1) is 6.92 Å². The molecule has 0 aliphatic heterocycles. The zero-order chi connectivity index (χ0) is 15.0. The van der Waals surface area contributed by atoms with Crippen LogP contribution in [0.25, 0.3) is 0 Å². The van der Waals surface area contributed by atoms with Crippen molar-refractivity contribution in [1.29, 1.82) is 0 Å². The molecule has 110 valence electrons. The van der Waals surface area contributed by atoms with Crippen molar-refractivity contribution in [3.8, 4) is 0 Å². The number of halogens is 3. The van der Waals surface area contributed by atoms with E-state index in [0.717, 1.165) is 32.5 Å². The highest BCUT2D eigenvalue weighted by atomic mass is 79.9. The Bertz CT molecular complexity index is 643. The van der Waals surface area contributed by atoms with Crippen LogP contribution in [0.2, 0.25) is 5.02 Å². The smallest absolute Gasteiger partial charge is 0.0631 e. The summed E-state index contributed by atoms with van der Waals surface area (Å²) in [5, 5.41) is 4.46. The molecule has 0 radical (unpaired) electrons. The molecule has 0 aromatic heterocycles. The Labute approximate surface area is 147 Å². The molecule has 1 N–H and O–H groups in total. The predicted octanol–water partition coefficient (Wildman–Crippen LogP) is 6.53. The van der Waals surface area contributed by atoms with Crippen LogP contribution in [-0.2, 0) is 0 Å². The summed E-state index contributed by atoms with van der Waals surface area (Å²) < 4.78 is 2.22. The molecule has 0 spiro atoms. The first kappa shape index (κ1) is 15.4. The van der Waals surface area contributed by atoms with Crippen LogP contribution in [0.15, 0.2) is 45.3 Å². The minimum absolute atomic E-state index is 0.518. The lowest BCUT2D eigenvalue weighted by molar-refractivity contribution is 0.374. The Morgan fingerprint density at radius 2 is 1.76 bits per heavy atom. The van der Waals surface area contributed by atoms with Crippen LogP contribution < -0.4 is 5.32 Å². The molecule has 1 aliphatic carbocycles. The van der Waals surface area contributed by atoms with Crippen molar-refractivity contribution < 1.29 is 0 Å². The van der Waals surface area contributed by atoms with E-state index in [0.29, 0.717) is 12.0 Å². The molecule has 3 rings (SSSR count). The van der Waals surface area contributed by atoms with Gasteiger partial charge in [-0.25, -0.2) is 0 Å². The molecule has 2 aromatic carbocycles. The van der Waals surface area contributed by atoms with Gasteiger partial charge in [-0.2, -0.15) is 0 Å². The highest BCUT2D eigenvalue weighted by Crippen LogP contribution is 2.41. The summed E-state index contributed by atoms with van der Waals surface area (Å²) >= 11 is 13.3. The summed E-state index contributed by atoms with van der Waals surface area (Å²) in [5.74, 6) is 0.615. The lowest BCUT2D eigenvalue weighted by atomic mass is 9.76. The number of rotatable bonds is 3. The standard InChI is InChI=1S/C17H16Br2ClN/c1-10-5-15(18)17(16(19)6-10)21-14-8-12(9-14)11-3-2-4-13(20)7-11/h2-7,12,14,21H,8-9H2,1H3. The summed E-state index contributed by atoms with van der Waals surface area (Å²) in [6.45, 7) is 2.10. The third kappa shape index (κ3) is 3.46. The van der Waals surface area contributed by atoms with Gasteiger partial charge in [-0.05, 0) is 92.9 Å². The van der Waals surface area contributed by atoms with Crippen molar-refractivity contribution in [1.82, 2.24) is 0 Å². The Morgan fingerprint density at radius 3 is 2.38 bits per heavy atom. The summed E-state index contributed by atoms with van der Waals surface area (Å²) in [7, 11) is 0. The second-order valence-corrected chi connectivity index (χ2v) is 7.81. The van der Waals surface area contributed by atoms with Crippen LogP contribution in [0.3, 0.4) is 0 Å². The summed E-state index contributed by atoms with van der Waals surface area (Å²) in [6.07, 6.45) is 2.29. The van der Waals surface area contributed by atoms with Crippen LogP contribution in [-0.4, -0.2) is 6.04 Å². The highest BCUT2D eigenvalue weighted by Gasteiger charge is 2.31. The van der Waals surface area contributed by atoms with E-state index < -0.39 is 0 Å². The number of benzene rings is 2. The van der Waals surface area contributed by atoms with Crippen molar-refractivity contribution in [3.63, 3.8) is 0 Å². The van der Waals surface area contributed by atoms with E-state index in [9.17, 15) is 0 Å². The average molecular weight is 430 g/mol. The number of hydrogen-bond acceptors (Lipinski definition) is 1. The predicted molar refractivity (Wildman–Crippen MR) is 97.4 cm³/mol. The van der Waals surface area contributed by atoms with E-state index in [2.05, 4.69) is 68.4 Å². The van der Waals surface area contributed by atoms with E-state index >= 15 is 0 Å². The van der Waals surface area contributed by atoms with E-state index in [1.54, 1.807) is 0 Å². The van der Waals surface area contributed by atoms with E-state index in [1.165, 1.54) is 11.1 Å². The molecule has 1 fully saturated rings. The molecule has 1 aliphatic rings. The number of anilines is 1. The monoisotopic (exact) mass is 427 g/mol. The minimum atomic E-state index is 0.518. The van der Waals surface area contributed by atoms with Gasteiger partial charge in [-0.3, -0.25) is 0 Å². The quantitative estimate of drug-likeness (QED) is 0.585. The lowest BCUT2D eigenvalue weighted by Gasteiger charge is -2.37. The first-order valence-electron chi connectivity index (χ1n) is 7.00. The van der Waals surface area contributed by atoms with Gasteiger partial charge < -0.3 is 5.32 Å². The molecule has 0 unspecified atom stereocenters. The molecule has 21 heavy (non-hydrogen) atoms. The number of nitrogens with one attached hydrogen (secondary N) is 1. The molecule has 0 atom stereocenters. The van der Waals surface area contributed by atoms with Gasteiger partial charge in [0.15, 0.2) is 0 Å². The molecule has 2 aromatic rings. The third-order valence-corrected chi connectivity index (χ3v) is 5.48. The molecule has 0 heterocycles. The maximum atomic E-state index is 6.06. The first-order valence-corrected chi connectivity index (χ1v) is 8.97. The minimum Gasteiger partial charge on any atom is -0.380 e. The topological polar surface area (TPSA) is 12.0 Å².